The van der Waals surface area contributed by atoms with Crippen molar-refractivity contribution in [3.63, 3.8) is 0 Å². The zero-order valence-corrected chi connectivity index (χ0v) is 16.2. The van der Waals surface area contributed by atoms with Crippen LogP contribution in [-0.2, 0) is 0 Å². The predicted octanol–water partition coefficient (Wildman–Crippen LogP) is 1.60. The van der Waals surface area contributed by atoms with Crippen molar-refractivity contribution in [2.75, 3.05) is 20.1 Å². The molecule has 3 aromatic rings. The molecule has 4 rings (SSSR count). The number of likely N-dealkylation sites (tertiary alicyclic amines) is 1. The molecule has 0 aliphatic carbocycles. The van der Waals surface area contributed by atoms with Crippen molar-refractivity contribution < 1.29 is 14.1 Å². The van der Waals surface area contributed by atoms with Gasteiger partial charge in [0.25, 0.3) is 17.4 Å². The summed E-state index contributed by atoms with van der Waals surface area (Å²) < 4.78 is 4.76. The summed E-state index contributed by atoms with van der Waals surface area (Å²) in [5, 5.41) is 4.15. The molecule has 2 amide bonds. The zero-order chi connectivity index (χ0) is 20.5. The van der Waals surface area contributed by atoms with Gasteiger partial charge >= 0.3 is 0 Å². The molecule has 1 aromatic carbocycles. The Kier molecular flexibility index (Phi) is 4.87. The molecule has 0 bridgehead atoms. The Bertz CT molecular complexity index is 1120. The first-order valence-electron chi connectivity index (χ1n) is 9.41. The van der Waals surface area contributed by atoms with E-state index in [1.54, 1.807) is 42.0 Å². The van der Waals surface area contributed by atoms with Crippen LogP contribution in [0.25, 0.3) is 10.9 Å². The second-order valence-corrected chi connectivity index (χ2v) is 7.23. The molecule has 0 radical (unpaired) electrons. The van der Waals surface area contributed by atoms with Crippen molar-refractivity contribution in [1.29, 1.82) is 0 Å². The number of likely N-dealkylation sites (N-methyl/N-ethyl adjacent to an activating group) is 1. The zero-order valence-electron chi connectivity index (χ0n) is 16.2. The van der Waals surface area contributed by atoms with Crippen LogP contribution in [0.3, 0.4) is 0 Å². The molecule has 1 fully saturated rings. The fourth-order valence-electron chi connectivity index (χ4n) is 3.70. The van der Waals surface area contributed by atoms with Crippen molar-refractivity contribution in [2.45, 2.75) is 25.8 Å². The quantitative estimate of drug-likeness (QED) is 0.721. The number of carbonyl (C=O) groups is 2. The maximum atomic E-state index is 13.0. The van der Waals surface area contributed by atoms with Gasteiger partial charge in [-0.3, -0.25) is 14.4 Å². The number of piperidine rings is 1. The highest BCUT2D eigenvalue weighted by Gasteiger charge is 2.30. The topological polar surface area (TPSA) is 112 Å². The Balaban J connectivity index is 1.53. The summed E-state index contributed by atoms with van der Waals surface area (Å²) >= 11 is 0. The molecule has 1 unspecified atom stereocenters. The second-order valence-electron chi connectivity index (χ2n) is 7.23. The number of nitrogens with one attached hydrogen (secondary N) is 1. The van der Waals surface area contributed by atoms with Gasteiger partial charge in [-0.15, -0.1) is 0 Å². The predicted molar refractivity (Wildman–Crippen MR) is 105 cm³/mol. The first-order chi connectivity index (χ1) is 13.9. The maximum Gasteiger partial charge on any atom is 0.276 e. The highest BCUT2D eigenvalue weighted by atomic mass is 16.5. The summed E-state index contributed by atoms with van der Waals surface area (Å²) in [4.78, 5) is 47.9. The van der Waals surface area contributed by atoms with Crippen molar-refractivity contribution >= 4 is 22.7 Å². The number of aryl methyl sites for hydroxylation is 1. The molecule has 9 nitrogen and oxygen atoms in total. The fraction of sp³-hybridized carbons (Fsp3) is 0.350. The fourth-order valence-corrected chi connectivity index (χ4v) is 3.70. The molecule has 1 aliphatic rings. The number of aromatic nitrogens is 3. The van der Waals surface area contributed by atoms with Crippen LogP contribution in [0.1, 0.15) is 39.5 Å². The lowest BCUT2D eigenvalue weighted by atomic mass is 10.0. The van der Waals surface area contributed by atoms with Crippen LogP contribution < -0.4 is 5.56 Å². The minimum atomic E-state index is -0.228. The molecular formula is C20H21N5O4. The number of hydrogen-bond donors (Lipinski definition) is 1. The van der Waals surface area contributed by atoms with Gasteiger partial charge in [0.05, 0.1) is 10.9 Å². The molecule has 29 heavy (non-hydrogen) atoms. The molecule has 0 saturated carbocycles. The summed E-state index contributed by atoms with van der Waals surface area (Å²) in [6.07, 6.45) is 2.96. The van der Waals surface area contributed by atoms with E-state index in [1.165, 1.54) is 12.3 Å². The number of benzene rings is 1. The first-order valence-corrected chi connectivity index (χ1v) is 9.41. The van der Waals surface area contributed by atoms with Crippen LogP contribution in [0.4, 0.5) is 0 Å². The van der Waals surface area contributed by atoms with Crippen molar-refractivity contribution in [3.8, 4) is 0 Å². The molecule has 3 heterocycles. The number of aromatic amines is 1. The number of hydrogen-bond acceptors (Lipinski definition) is 6. The number of amides is 2. The highest BCUT2D eigenvalue weighted by Crippen LogP contribution is 2.20. The average Bonchev–Trinajstić information content (AvgIpc) is 3.26. The Hall–Kier alpha value is -3.49. The van der Waals surface area contributed by atoms with Gasteiger partial charge < -0.3 is 19.3 Å². The van der Waals surface area contributed by atoms with Crippen molar-refractivity contribution in [2.24, 2.45) is 0 Å². The molecule has 1 atom stereocenters. The Morgan fingerprint density at radius 3 is 2.90 bits per heavy atom. The van der Waals surface area contributed by atoms with Gasteiger partial charge in [-0.2, -0.15) is 0 Å². The number of fused-ring (bicyclic) bond motifs is 1. The molecule has 1 N–H and O–H groups in total. The smallest absolute Gasteiger partial charge is 0.276 e. The number of H-pyrrole nitrogens is 1. The second kappa shape index (κ2) is 7.50. The van der Waals surface area contributed by atoms with Crippen LogP contribution in [0.5, 0.6) is 0 Å². The first kappa shape index (κ1) is 18.9. The van der Waals surface area contributed by atoms with E-state index in [4.69, 9.17) is 4.52 Å². The number of carbonyl (C=O) groups excluding carboxylic acids is 2. The normalized spacial score (nSPS) is 16.8. The Morgan fingerprint density at radius 2 is 2.14 bits per heavy atom. The van der Waals surface area contributed by atoms with Gasteiger partial charge in [-0.05, 0) is 38.0 Å². The molecule has 2 aromatic heterocycles. The molecule has 1 aliphatic heterocycles. The molecule has 150 valence electrons. The van der Waals surface area contributed by atoms with E-state index in [9.17, 15) is 14.4 Å². The largest absolute Gasteiger partial charge is 0.364 e. The third-order valence-electron chi connectivity index (χ3n) is 5.28. The summed E-state index contributed by atoms with van der Waals surface area (Å²) in [6, 6.07) is 6.30. The van der Waals surface area contributed by atoms with Crippen molar-refractivity contribution in [3.05, 3.63) is 58.0 Å². The number of rotatable bonds is 3. The van der Waals surface area contributed by atoms with Crippen molar-refractivity contribution in [1.82, 2.24) is 24.9 Å². The SMILES string of the molecule is Cc1nc2cc(C(=O)N(C)C3CCCN(C(=O)c4ccon4)C3)ccc2c(=O)[nH]1. The van der Waals surface area contributed by atoms with Gasteiger partial charge in [0.2, 0.25) is 0 Å². The van der Waals surface area contributed by atoms with E-state index in [-0.39, 0.29) is 29.1 Å². The van der Waals surface area contributed by atoms with Gasteiger partial charge in [-0.1, -0.05) is 5.16 Å². The van der Waals surface area contributed by atoms with E-state index in [0.717, 1.165) is 12.8 Å². The lowest BCUT2D eigenvalue weighted by Crippen LogP contribution is -2.50. The van der Waals surface area contributed by atoms with Crippen LogP contribution in [0.15, 0.2) is 39.8 Å². The summed E-state index contributed by atoms with van der Waals surface area (Å²) in [5.41, 5.74) is 0.976. The maximum absolute atomic E-state index is 13.0. The summed E-state index contributed by atoms with van der Waals surface area (Å²) in [5.74, 6) is 0.121. The van der Waals surface area contributed by atoms with Gasteiger partial charge in [0.15, 0.2) is 5.69 Å². The molecule has 9 heteroatoms. The minimum absolute atomic E-state index is 0.114. The lowest BCUT2D eigenvalue weighted by Gasteiger charge is -2.37. The van der Waals surface area contributed by atoms with Crippen LogP contribution in [0, 0.1) is 6.92 Å². The highest BCUT2D eigenvalue weighted by molar-refractivity contribution is 5.98. The Morgan fingerprint density at radius 1 is 1.31 bits per heavy atom. The van der Waals surface area contributed by atoms with E-state index >= 15 is 0 Å². The lowest BCUT2D eigenvalue weighted by molar-refractivity contribution is 0.0515. The Labute approximate surface area is 166 Å². The van der Waals surface area contributed by atoms with E-state index < -0.39 is 0 Å². The number of nitrogens with zero attached hydrogens (tertiary/aromatic N) is 4. The van der Waals surface area contributed by atoms with Crippen LogP contribution in [-0.4, -0.2) is 62.9 Å². The van der Waals surface area contributed by atoms with Crippen LogP contribution in [0.2, 0.25) is 0 Å². The third kappa shape index (κ3) is 3.63. The standard InChI is InChI=1S/C20H21N5O4/c1-12-21-17-10-13(5-6-15(17)18(26)22-12)19(27)24(2)14-4-3-8-25(11-14)20(28)16-7-9-29-23-16/h5-7,9-10,14H,3-4,8,11H2,1-2H3,(H,21,22,26). The molecular weight excluding hydrogens is 374 g/mol. The molecule has 1 saturated heterocycles. The average molecular weight is 395 g/mol. The van der Waals surface area contributed by atoms with E-state index in [2.05, 4.69) is 15.1 Å². The van der Waals surface area contributed by atoms with E-state index in [1.807, 2.05) is 0 Å². The summed E-state index contributed by atoms with van der Waals surface area (Å²) in [7, 11) is 1.73. The molecule has 0 spiro atoms. The van der Waals surface area contributed by atoms with Gasteiger partial charge in [-0.25, -0.2) is 4.98 Å². The monoisotopic (exact) mass is 395 g/mol. The minimum Gasteiger partial charge on any atom is -0.364 e. The van der Waals surface area contributed by atoms with Gasteiger partial charge in [0, 0.05) is 37.8 Å². The van der Waals surface area contributed by atoms with Crippen LogP contribution >= 0.6 is 0 Å². The van der Waals surface area contributed by atoms with E-state index in [0.29, 0.717) is 35.4 Å². The summed E-state index contributed by atoms with van der Waals surface area (Å²) in [6.45, 7) is 2.74. The third-order valence-corrected chi connectivity index (χ3v) is 5.28. The van der Waals surface area contributed by atoms with Gasteiger partial charge in [0.1, 0.15) is 12.1 Å².